The van der Waals surface area contributed by atoms with Crippen molar-refractivity contribution in [3.8, 4) is 5.75 Å². The van der Waals surface area contributed by atoms with Crippen LogP contribution in [0.2, 0.25) is 0 Å². The van der Waals surface area contributed by atoms with E-state index >= 15 is 0 Å². The summed E-state index contributed by atoms with van der Waals surface area (Å²) < 4.78 is 5.51. The van der Waals surface area contributed by atoms with Gasteiger partial charge in [-0.1, -0.05) is 35.9 Å². The average molecular weight is 473 g/mol. The molecule has 0 unspecified atom stereocenters. The summed E-state index contributed by atoms with van der Waals surface area (Å²) in [7, 11) is 0. The lowest BCUT2D eigenvalue weighted by molar-refractivity contribution is -0.139. The van der Waals surface area contributed by atoms with E-state index in [0.717, 1.165) is 27.9 Å². The van der Waals surface area contributed by atoms with Crippen molar-refractivity contribution < 1.29 is 19.1 Å². The highest BCUT2D eigenvalue weighted by atomic mass is 16.5. The number of hydrogen-bond donors (Lipinski definition) is 3. The molecule has 0 saturated carbocycles. The third-order valence-corrected chi connectivity index (χ3v) is 5.20. The van der Waals surface area contributed by atoms with E-state index in [9.17, 15) is 14.4 Å². The molecule has 180 valence electrons. The number of nitrogens with zero attached hydrogens (tertiary/aromatic N) is 1. The lowest BCUT2D eigenvalue weighted by atomic mass is 10.1. The summed E-state index contributed by atoms with van der Waals surface area (Å²) in [5.74, 6) is -1.38. The minimum atomic E-state index is -0.858. The minimum Gasteiger partial charge on any atom is -0.484 e. The van der Waals surface area contributed by atoms with E-state index in [4.69, 9.17) is 4.74 Å². The molecule has 0 spiro atoms. The van der Waals surface area contributed by atoms with Gasteiger partial charge in [-0.05, 0) is 79.4 Å². The highest BCUT2D eigenvalue weighted by Crippen LogP contribution is 2.15. The molecule has 3 amide bonds. The van der Waals surface area contributed by atoms with Gasteiger partial charge in [-0.15, -0.1) is 0 Å². The zero-order valence-corrected chi connectivity index (χ0v) is 19.9. The summed E-state index contributed by atoms with van der Waals surface area (Å²) in [6.07, 6.45) is 1.40. The summed E-state index contributed by atoms with van der Waals surface area (Å²) in [4.78, 5) is 35.9. The van der Waals surface area contributed by atoms with E-state index in [-0.39, 0.29) is 19.1 Å². The first kappa shape index (κ1) is 25.2. The zero-order chi connectivity index (χ0) is 25.2. The molecule has 0 aliphatic rings. The van der Waals surface area contributed by atoms with Gasteiger partial charge in [0, 0.05) is 12.2 Å². The number of benzene rings is 3. The number of carbonyl (C=O) groups is 3. The number of aryl methyl sites for hydroxylation is 3. The van der Waals surface area contributed by atoms with Crippen LogP contribution in [0.25, 0.3) is 0 Å². The van der Waals surface area contributed by atoms with Gasteiger partial charge in [0.15, 0.2) is 6.61 Å². The maximum Gasteiger partial charge on any atom is 0.329 e. The first-order valence-corrected chi connectivity index (χ1v) is 11.1. The third-order valence-electron chi connectivity index (χ3n) is 5.20. The molecule has 8 nitrogen and oxygen atoms in total. The number of rotatable bonds is 8. The van der Waals surface area contributed by atoms with Crippen molar-refractivity contribution in [2.24, 2.45) is 5.10 Å². The standard InChI is InChI=1S/C27H28N4O4/c1-18-4-7-21(8-5-18)15-28-26(33)27(34)31-29-16-22-9-12-24(13-10-22)35-17-25(32)30-23-11-6-19(2)20(3)14-23/h4-14,16H,15,17H2,1-3H3,(H,28,33)(H,30,32)(H,31,34)/b29-16-. The summed E-state index contributed by atoms with van der Waals surface area (Å²) >= 11 is 0. The molecule has 0 saturated heterocycles. The van der Waals surface area contributed by atoms with E-state index in [1.807, 2.05) is 63.2 Å². The Bertz CT molecular complexity index is 1220. The monoisotopic (exact) mass is 472 g/mol. The summed E-state index contributed by atoms with van der Waals surface area (Å²) in [6.45, 7) is 6.09. The predicted molar refractivity (Wildman–Crippen MR) is 135 cm³/mol. The molecule has 0 aliphatic heterocycles. The molecular weight excluding hydrogens is 444 g/mol. The van der Waals surface area contributed by atoms with Crippen molar-refractivity contribution in [1.29, 1.82) is 0 Å². The van der Waals surface area contributed by atoms with Crippen molar-refractivity contribution in [3.05, 3.63) is 94.5 Å². The van der Waals surface area contributed by atoms with Crippen LogP contribution < -0.4 is 20.8 Å². The van der Waals surface area contributed by atoms with Gasteiger partial charge < -0.3 is 15.4 Å². The highest BCUT2D eigenvalue weighted by molar-refractivity contribution is 6.35. The van der Waals surface area contributed by atoms with Gasteiger partial charge in [-0.2, -0.15) is 5.10 Å². The van der Waals surface area contributed by atoms with Crippen LogP contribution in [0.1, 0.15) is 27.8 Å². The molecule has 35 heavy (non-hydrogen) atoms. The maximum atomic E-state index is 12.1. The predicted octanol–water partition coefficient (Wildman–Crippen LogP) is 3.40. The Labute approximate surface area is 204 Å². The zero-order valence-electron chi connectivity index (χ0n) is 19.9. The van der Waals surface area contributed by atoms with Crippen LogP contribution in [0.15, 0.2) is 71.8 Å². The normalized spacial score (nSPS) is 10.6. The molecule has 0 atom stereocenters. The summed E-state index contributed by atoms with van der Waals surface area (Å²) in [6, 6.07) is 20.1. The smallest absolute Gasteiger partial charge is 0.329 e. The first-order valence-electron chi connectivity index (χ1n) is 11.1. The van der Waals surface area contributed by atoms with Crippen LogP contribution in [0.3, 0.4) is 0 Å². The van der Waals surface area contributed by atoms with E-state index < -0.39 is 11.8 Å². The number of hydrogen-bond acceptors (Lipinski definition) is 5. The summed E-state index contributed by atoms with van der Waals surface area (Å²) in [5, 5.41) is 9.15. The van der Waals surface area contributed by atoms with Crippen molar-refractivity contribution in [1.82, 2.24) is 10.7 Å². The number of carbonyl (C=O) groups excluding carboxylic acids is 3. The SMILES string of the molecule is Cc1ccc(CNC(=O)C(=O)N/N=C\c2ccc(OCC(=O)Nc3ccc(C)c(C)c3)cc2)cc1. The molecule has 3 N–H and O–H groups in total. The van der Waals surface area contributed by atoms with Gasteiger partial charge in [0.05, 0.1) is 6.21 Å². The second-order valence-electron chi connectivity index (χ2n) is 8.07. The fourth-order valence-electron chi connectivity index (χ4n) is 3.00. The number of hydrazone groups is 1. The third kappa shape index (κ3) is 8.12. The van der Waals surface area contributed by atoms with Crippen LogP contribution in [-0.2, 0) is 20.9 Å². The molecule has 3 aromatic carbocycles. The van der Waals surface area contributed by atoms with E-state index in [2.05, 4.69) is 21.2 Å². The van der Waals surface area contributed by atoms with Crippen LogP contribution >= 0.6 is 0 Å². The van der Waals surface area contributed by atoms with Crippen LogP contribution in [0.4, 0.5) is 5.69 Å². The Morgan fingerprint density at radius 3 is 2.26 bits per heavy atom. The molecule has 0 aromatic heterocycles. The lowest BCUT2D eigenvalue weighted by Crippen LogP contribution is -2.37. The molecule has 0 bridgehead atoms. The Kier molecular flexibility index (Phi) is 8.72. The topological polar surface area (TPSA) is 109 Å². The summed E-state index contributed by atoms with van der Waals surface area (Å²) in [5.41, 5.74) is 7.86. The van der Waals surface area contributed by atoms with Crippen molar-refractivity contribution in [2.45, 2.75) is 27.3 Å². The quantitative estimate of drug-likeness (QED) is 0.265. The van der Waals surface area contributed by atoms with Crippen LogP contribution in [0.5, 0.6) is 5.75 Å². The Hall–Kier alpha value is -4.46. The van der Waals surface area contributed by atoms with Gasteiger partial charge in [0.25, 0.3) is 5.91 Å². The number of amides is 3. The Morgan fingerprint density at radius 1 is 0.857 bits per heavy atom. The second-order valence-corrected chi connectivity index (χ2v) is 8.07. The van der Waals surface area contributed by atoms with Gasteiger partial charge in [-0.25, -0.2) is 5.43 Å². The van der Waals surface area contributed by atoms with E-state index in [1.54, 1.807) is 24.3 Å². The molecule has 0 heterocycles. The van der Waals surface area contributed by atoms with E-state index in [0.29, 0.717) is 11.3 Å². The van der Waals surface area contributed by atoms with Gasteiger partial charge >= 0.3 is 11.8 Å². The largest absolute Gasteiger partial charge is 0.484 e. The number of anilines is 1. The fourth-order valence-corrected chi connectivity index (χ4v) is 3.00. The molecule has 3 aromatic rings. The minimum absolute atomic E-state index is 0.131. The average Bonchev–Trinajstić information content (AvgIpc) is 2.85. The molecule has 0 fully saturated rings. The molecule has 8 heteroatoms. The van der Waals surface area contributed by atoms with Crippen LogP contribution in [-0.4, -0.2) is 30.5 Å². The molecule has 0 radical (unpaired) electrons. The second kappa shape index (κ2) is 12.1. The number of nitrogens with one attached hydrogen (secondary N) is 3. The number of ether oxygens (including phenoxy) is 1. The molecule has 0 aliphatic carbocycles. The lowest BCUT2D eigenvalue weighted by Gasteiger charge is -2.09. The van der Waals surface area contributed by atoms with Crippen LogP contribution in [0, 0.1) is 20.8 Å². The van der Waals surface area contributed by atoms with Gasteiger partial charge in [0.1, 0.15) is 5.75 Å². The Balaban J connectivity index is 1.40. The maximum absolute atomic E-state index is 12.1. The fraction of sp³-hybridized carbons (Fsp3) is 0.185. The van der Waals surface area contributed by atoms with Gasteiger partial charge in [0.2, 0.25) is 0 Å². The first-order chi connectivity index (χ1) is 16.8. The highest BCUT2D eigenvalue weighted by Gasteiger charge is 2.12. The van der Waals surface area contributed by atoms with Crippen molar-refractivity contribution in [3.63, 3.8) is 0 Å². The van der Waals surface area contributed by atoms with E-state index in [1.165, 1.54) is 6.21 Å². The molecule has 3 rings (SSSR count). The van der Waals surface area contributed by atoms with Gasteiger partial charge in [-0.3, -0.25) is 14.4 Å². The Morgan fingerprint density at radius 2 is 1.57 bits per heavy atom. The van der Waals surface area contributed by atoms with Crippen molar-refractivity contribution in [2.75, 3.05) is 11.9 Å². The molecular formula is C27H28N4O4. The van der Waals surface area contributed by atoms with Crippen molar-refractivity contribution >= 4 is 29.6 Å².